The summed E-state index contributed by atoms with van der Waals surface area (Å²) < 4.78 is 0. The molecule has 0 saturated carbocycles. The second kappa shape index (κ2) is 9.28. The first-order chi connectivity index (χ1) is 15.7. The molecule has 0 amide bonds. The van der Waals surface area contributed by atoms with Gasteiger partial charge in [0.2, 0.25) is 0 Å². The summed E-state index contributed by atoms with van der Waals surface area (Å²) in [5.41, 5.74) is 4.66. The van der Waals surface area contributed by atoms with E-state index >= 15 is 0 Å². The lowest BCUT2D eigenvalue weighted by Crippen LogP contribution is -2.43. The lowest BCUT2D eigenvalue weighted by atomic mass is 10.1. The van der Waals surface area contributed by atoms with Gasteiger partial charge in [-0.15, -0.1) is 0 Å². The molecule has 1 aliphatic heterocycles. The number of rotatable bonds is 5. The van der Waals surface area contributed by atoms with E-state index in [0.717, 1.165) is 54.0 Å². The topological polar surface area (TPSA) is 66.0 Å². The van der Waals surface area contributed by atoms with Crippen LogP contribution in [0.4, 0.5) is 17.2 Å². The number of nitrogens with zero attached hydrogens (tertiary/aromatic N) is 4. The highest BCUT2D eigenvalue weighted by molar-refractivity contribution is 6.36. The Kier molecular flexibility index (Phi) is 6.08. The molecule has 0 radical (unpaired) electrons. The van der Waals surface area contributed by atoms with E-state index in [4.69, 9.17) is 28.2 Å². The predicted molar refractivity (Wildman–Crippen MR) is 131 cm³/mol. The molecule has 1 fully saturated rings. The van der Waals surface area contributed by atoms with Crippen LogP contribution in [0, 0.1) is 0 Å². The predicted octanol–water partition coefficient (Wildman–Crippen LogP) is 5.08. The van der Waals surface area contributed by atoms with Gasteiger partial charge >= 0.3 is 0 Å². The molecule has 2 aromatic carbocycles. The number of benzene rings is 2. The molecule has 3 heterocycles. The first-order valence-electron chi connectivity index (χ1n) is 10.5. The zero-order valence-corrected chi connectivity index (χ0v) is 18.9. The Hall–Kier alpha value is -2.93. The minimum atomic E-state index is 0.509. The molecule has 6 nitrogen and oxygen atoms in total. The Morgan fingerprint density at radius 1 is 1.00 bits per heavy atom. The summed E-state index contributed by atoms with van der Waals surface area (Å²) >= 11 is 12.8. The van der Waals surface area contributed by atoms with Crippen molar-refractivity contribution in [3.63, 3.8) is 0 Å². The van der Waals surface area contributed by atoms with Gasteiger partial charge in [-0.3, -0.25) is 0 Å². The van der Waals surface area contributed by atoms with Crippen LogP contribution in [0.3, 0.4) is 0 Å². The van der Waals surface area contributed by atoms with Gasteiger partial charge in [-0.25, -0.2) is 15.0 Å². The molecule has 1 aliphatic rings. The molecule has 0 aliphatic carbocycles. The van der Waals surface area contributed by atoms with Crippen molar-refractivity contribution < 1.29 is 0 Å². The van der Waals surface area contributed by atoms with E-state index in [1.165, 1.54) is 5.69 Å². The van der Waals surface area contributed by atoms with E-state index in [-0.39, 0.29) is 0 Å². The van der Waals surface area contributed by atoms with Gasteiger partial charge in [0.25, 0.3) is 0 Å². The molecule has 1 saturated heterocycles. The number of hydrogen-bond acceptors (Lipinski definition) is 6. The van der Waals surface area contributed by atoms with Crippen molar-refractivity contribution in [2.45, 2.75) is 6.42 Å². The number of fused-ring (bicyclic) bond motifs is 1. The summed E-state index contributed by atoms with van der Waals surface area (Å²) in [6, 6.07) is 15.9. The van der Waals surface area contributed by atoms with Gasteiger partial charge in [-0.05, 0) is 48.0 Å². The maximum absolute atomic E-state index is 6.38. The molecule has 0 atom stereocenters. The first kappa shape index (κ1) is 20.9. The fourth-order valence-corrected chi connectivity index (χ4v) is 4.45. The molecule has 4 aromatic rings. The monoisotopic (exact) mass is 464 g/mol. The van der Waals surface area contributed by atoms with E-state index in [0.29, 0.717) is 22.3 Å². The van der Waals surface area contributed by atoms with Crippen LogP contribution in [-0.4, -0.2) is 41.1 Å². The molecular weight excluding hydrogens is 443 g/mol. The Labute approximate surface area is 196 Å². The third-order valence-electron chi connectivity index (χ3n) is 5.59. The van der Waals surface area contributed by atoms with Crippen molar-refractivity contribution in [3.8, 4) is 0 Å². The van der Waals surface area contributed by atoms with Crippen LogP contribution in [0.2, 0.25) is 10.0 Å². The second-order valence-corrected chi connectivity index (χ2v) is 8.52. The van der Waals surface area contributed by atoms with Crippen molar-refractivity contribution in [2.24, 2.45) is 0 Å². The van der Waals surface area contributed by atoms with Crippen LogP contribution in [-0.2, 0) is 6.42 Å². The fourth-order valence-electron chi connectivity index (χ4n) is 3.91. The van der Waals surface area contributed by atoms with Gasteiger partial charge in [-0.1, -0.05) is 29.3 Å². The molecule has 0 bridgehead atoms. The molecule has 8 heteroatoms. The largest absolute Gasteiger partial charge is 0.369 e. The maximum Gasteiger partial charge on any atom is 0.141 e. The smallest absolute Gasteiger partial charge is 0.141 e. The number of piperazine rings is 1. The van der Waals surface area contributed by atoms with Crippen molar-refractivity contribution in [1.82, 2.24) is 20.3 Å². The summed E-state index contributed by atoms with van der Waals surface area (Å²) in [6.45, 7) is 4.06. The van der Waals surface area contributed by atoms with E-state index in [9.17, 15) is 0 Å². The second-order valence-electron chi connectivity index (χ2n) is 7.70. The Bertz CT molecular complexity index is 1220. The fraction of sp³-hybridized carbons (Fsp3) is 0.208. The third-order valence-corrected chi connectivity index (χ3v) is 6.30. The number of hydrogen-bond donors (Lipinski definition) is 2. The quantitative estimate of drug-likeness (QED) is 0.429. The summed E-state index contributed by atoms with van der Waals surface area (Å²) in [5.74, 6) is 0.705. The zero-order valence-electron chi connectivity index (χ0n) is 17.4. The van der Waals surface area contributed by atoms with Crippen molar-refractivity contribution in [2.75, 3.05) is 36.4 Å². The van der Waals surface area contributed by atoms with Crippen LogP contribution in [0.15, 0.2) is 61.1 Å². The minimum Gasteiger partial charge on any atom is -0.369 e. The van der Waals surface area contributed by atoms with Crippen molar-refractivity contribution >= 4 is 51.3 Å². The normalized spacial score (nSPS) is 14.0. The van der Waals surface area contributed by atoms with Crippen LogP contribution in [0.1, 0.15) is 11.3 Å². The highest BCUT2D eigenvalue weighted by Crippen LogP contribution is 2.30. The number of aromatic nitrogens is 3. The molecule has 5 rings (SSSR count). The Morgan fingerprint density at radius 3 is 2.50 bits per heavy atom. The highest BCUT2D eigenvalue weighted by Gasteiger charge is 2.13. The van der Waals surface area contributed by atoms with Gasteiger partial charge in [0.05, 0.1) is 10.9 Å². The lowest BCUT2D eigenvalue weighted by molar-refractivity contribution is 0.589. The zero-order chi connectivity index (χ0) is 21.9. The summed E-state index contributed by atoms with van der Waals surface area (Å²) in [5, 5.41) is 8.93. The van der Waals surface area contributed by atoms with Crippen LogP contribution >= 0.6 is 23.2 Å². The van der Waals surface area contributed by atoms with Crippen molar-refractivity contribution in [3.05, 3.63) is 82.4 Å². The van der Waals surface area contributed by atoms with Gasteiger partial charge < -0.3 is 15.5 Å². The summed E-state index contributed by atoms with van der Waals surface area (Å²) in [7, 11) is 0. The molecule has 32 heavy (non-hydrogen) atoms. The number of nitrogens with one attached hydrogen (secondary N) is 2. The van der Waals surface area contributed by atoms with E-state index < -0.39 is 0 Å². The first-order valence-corrected chi connectivity index (χ1v) is 11.3. The molecule has 0 unspecified atom stereocenters. The SMILES string of the molecule is Clc1cccc(Cl)c1Cc1cc2ncncc2c(Nc2ccc(N3CCNCC3)cc2)n1. The Morgan fingerprint density at radius 2 is 1.75 bits per heavy atom. The average molecular weight is 465 g/mol. The highest BCUT2D eigenvalue weighted by atomic mass is 35.5. The lowest BCUT2D eigenvalue weighted by Gasteiger charge is -2.29. The van der Waals surface area contributed by atoms with Crippen molar-refractivity contribution in [1.29, 1.82) is 0 Å². The van der Waals surface area contributed by atoms with E-state index in [1.54, 1.807) is 12.5 Å². The van der Waals surface area contributed by atoms with E-state index in [1.807, 2.05) is 24.3 Å². The van der Waals surface area contributed by atoms with Gasteiger partial charge in [0, 0.05) is 65.9 Å². The van der Waals surface area contributed by atoms with Gasteiger partial charge in [0.1, 0.15) is 12.1 Å². The molecule has 162 valence electrons. The number of anilines is 3. The summed E-state index contributed by atoms with van der Waals surface area (Å²) in [6.07, 6.45) is 3.83. The Balaban J connectivity index is 1.45. The average Bonchev–Trinajstić information content (AvgIpc) is 2.83. The number of halogens is 2. The van der Waals surface area contributed by atoms with Crippen LogP contribution in [0.25, 0.3) is 10.9 Å². The maximum atomic E-state index is 6.38. The van der Waals surface area contributed by atoms with Crippen LogP contribution < -0.4 is 15.5 Å². The van der Waals surface area contributed by atoms with Gasteiger partial charge in [0.15, 0.2) is 0 Å². The molecule has 0 spiro atoms. The van der Waals surface area contributed by atoms with Crippen LogP contribution in [0.5, 0.6) is 0 Å². The molecule has 2 aromatic heterocycles. The van der Waals surface area contributed by atoms with E-state index in [2.05, 4.69) is 49.8 Å². The minimum absolute atomic E-state index is 0.509. The third kappa shape index (κ3) is 4.48. The van der Waals surface area contributed by atoms with Gasteiger partial charge in [-0.2, -0.15) is 0 Å². The number of pyridine rings is 1. The molecule has 2 N–H and O–H groups in total. The molecular formula is C24H22Cl2N6. The summed E-state index contributed by atoms with van der Waals surface area (Å²) in [4.78, 5) is 15.9. The standard InChI is InChI=1S/C24H22Cl2N6/c25-21-2-1-3-22(26)19(21)12-17-13-23-20(14-28-15-29-23)24(31-17)30-16-4-6-18(7-5-16)32-10-8-27-9-11-32/h1-7,13-15,27H,8-12H2,(H,30,31).